The molecule has 0 saturated carbocycles. The van der Waals surface area contributed by atoms with Crippen molar-refractivity contribution in [2.75, 3.05) is 59.4 Å². The maximum Gasteiger partial charge on any atom is 0.0281 e. The van der Waals surface area contributed by atoms with Gasteiger partial charge in [0.05, 0.1) is 0 Å². The fourth-order valence-electron chi connectivity index (χ4n) is 3.28. The summed E-state index contributed by atoms with van der Waals surface area (Å²) >= 11 is 0. The summed E-state index contributed by atoms with van der Waals surface area (Å²) < 4.78 is 0. The second kappa shape index (κ2) is 5.87. The van der Waals surface area contributed by atoms with E-state index in [0.717, 1.165) is 13.1 Å². The zero-order chi connectivity index (χ0) is 13.2. The van der Waals surface area contributed by atoms with Crippen LogP contribution in [0.3, 0.4) is 0 Å². The van der Waals surface area contributed by atoms with E-state index in [0.29, 0.717) is 11.6 Å². The second-order valence-electron chi connectivity index (χ2n) is 6.63. The molecule has 0 aromatic carbocycles. The number of nitrogens with one attached hydrogen (secondary N) is 1. The van der Waals surface area contributed by atoms with Gasteiger partial charge in [0.25, 0.3) is 0 Å². The number of hydrogen-bond donors (Lipinski definition) is 1. The van der Waals surface area contributed by atoms with Crippen molar-refractivity contribution in [3.8, 4) is 0 Å². The molecule has 0 spiro atoms. The summed E-state index contributed by atoms with van der Waals surface area (Å²) in [4.78, 5) is 7.76. The van der Waals surface area contributed by atoms with E-state index in [1.165, 1.54) is 39.3 Å². The molecule has 106 valence electrons. The number of piperazine rings is 2. The van der Waals surface area contributed by atoms with Crippen LogP contribution in [0.1, 0.15) is 20.8 Å². The van der Waals surface area contributed by atoms with Gasteiger partial charge in [0, 0.05) is 63.9 Å². The first-order chi connectivity index (χ1) is 8.49. The van der Waals surface area contributed by atoms with Crippen molar-refractivity contribution in [2.24, 2.45) is 0 Å². The number of nitrogens with zero attached hydrogens (tertiary/aromatic N) is 3. The van der Waals surface area contributed by atoms with Crippen LogP contribution in [0.2, 0.25) is 0 Å². The van der Waals surface area contributed by atoms with Crippen molar-refractivity contribution in [2.45, 2.75) is 32.4 Å². The average molecular weight is 254 g/mol. The first-order valence-electron chi connectivity index (χ1n) is 7.37. The van der Waals surface area contributed by atoms with E-state index in [1.807, 2.05) is 0 Å². The van der Waals surface area contributed by atoms with E-state index < -0.39 is 0 Å². The van der Waals surface area contributed by atoms with Crippen LogP contribution in [0, 0.1) is 0 Å². The summed E-state index contributed by atoms with van der Waals surface area (Å²) in [5.74, 6) is 0. The molecular weight excluding hydrogens is 224 g/mol. The SMILES string of the molecule is CC1CN(C)CCN1CC(C)(C)N1CCNCC1. The lowest BCUT2D eigenvalue weighted by molar-refractivity contribution is 0.0226. The van der Waals surface area contributed by atoms with E-state index >= 15 is 0 Å². The molecule has 2 saturated heterocycles. The van der Waals surface area contributed by atoms with Gasteiger partial charge >= 0.3 is 0 Å². The fourth-order valence-corrected chi connectivity index (χ4v) is 3.28. The molecule has 0 radical (unpaired) electrons. The fraction of sp³-hybridized carbons (Fsp3) is 1.00. The monoisotopic (exact) mass is 254 g/mol. The highest BCUT2D eigenvalue weighted by atomic mass is 15.3. The average Bonchev–Trinajstić information content (AvgIpc) is 2.34. The molecule has 1 N–H and O–H groups in total. The van der Waals surface area contributed by atoms with Crippen molar-refractivity contribution >= 4 is 0 Å². The van der Waals surface area contributed by atoms with Crippen molar-refractivity contribution in [3.05, 3.63) is 0 Å². The van der Waals surface area contributed by atoms with Gasteiger partial charge in [-0.1, -0.05) is 0 Å². The Labute approximate surface area is 112 Å². The zero-order valence-electron chi connectivity index (χ0n) is 12.6. The Morgan fingerprint density at radius 3 is 2.39 bits per heavy atom. The molecule has 2 fully saturated rings. The molecule has 0 amide bonds. The summed E-state index contributed by atoms with van der Waals surface area (Å²) in [5, 5.41) is 3.44. The van der Waals surface area contributed by atoms with Gasteiger partial charge in [-0.05, 0) is 27.8 Å². The maximum absolute atomic E-state index is 3.44. The molecule has 2 heterocycles. The molecule has 2 aliphatic rings. The highest BCUT2D eigenvalue weighted by molar-refractivity contribution is 4.90. The third-order valence-electron chi connectivity index (χ3n) is 4.53. The van der Waals surface area contributed by atoms with Gasteiger partial charge in [-0.2, -0.15) is 0 Å². The van der Waals surface area contributed by atoms with Crippen LogP contribution >= 0.6 is 0 Å². The van der Waals surface area contributed by atoms with Crippen molar-refractivity contribution in [3.63, 3.8) is 0 Å². The Bertz CT molecular complexity index is 261. The summed E-state index contributed by atoms with van der Waals surface area (Å²) in [7, 11) is 2.23. The normalized spacial score (nSPS) is 29.7. The summed E-state index contributed by atoms with van der Waals surface area (Å²) in [6, 6.07) is 0.686. The van der Waals surface area contributed by atoms with Crippen LogP contribution in [-0.2, 0) is 0 Å². The van der Waals surface area contributed by atoms with Gasteiger partial charge in [0.15, 0.2) is 0 Å². The number of hydrogen-bond acceptors (Lipinski definition) is 4. The van der Waals surface area contributed by atoms with Crippen LogP contribution < -0.4 is 5.32 Å². The molecule has 1 atom stereocenters. The molecule has 1 unspecified atom stereocenters. The Balaban J connectivity index is 1.90. The molecule has 0 bridgehead atoms. The van der Waals surface area contributed by atoms with E-state index in [9.17, 15) is 0 Å². The van der Waals surface area contributed by atoms with Gasteiger partial charge < -0.3 is 10.2 Å². The Hall–Kier alpha value is -0.160. The van der Waals surface area contributed by atoms with Gasteiger partial charge in [0.2, 0.25) is 0 Å². The molecule has 2 rings (SSSR count). The topological polar surface area (TPSA) is 21.8 Å². The van der Waals surface area contributed by atoms with Gasteiger partial charge in [0.1, 0.15) is 0 Å². The van der Waals surface area contributed by atoms with E-state index in [2.05, 4.69) is 47.8 Å². The lowest BCUT2D eigenvalue weighted by atomic mass is 9.99. The van der Waals surface area contributed by atoms with Crippen LogP contribution in [0.5, 0.6) is 0 Å². The molecule has 0 aromatic heterocycles. The summed E-state index contributed by atoms with van der Waals surface area (Å²) in [6.45, 7) is 16.7. The predicted octanol–water partition coefficient (Wildman–Crippen LogP) is 0.306. The lowest BCUT2D eigenvalue weighted by Gasteiger charge is -2.47. The Morgan fingerprint density at radius 1 is 1.11 bits per heavy atom. The van der Waals surface area contributed by atoms with Crippen LogP contribution in [0.15, 0.2) is 0 Å². The summed E-state index contributed by atoms with van der Waals surface area (Å²) in [5.41, 5.74) is 0.298. The van der Waals surface area contributed by atoms with Crippen molar-refractivity contribution in [1.82, 2.24) is 20.0 Å². The molecule has 18 heavy (non-hydrogen) atoms. The standard InChI is InChI=1S/C14H30N4/c1-13-11-16(4)9-10-17(13)12-14(2,3)18-7-5-15-6-8-18/h13,15H,5-12H2,1-4H3. The summed E-state index contributed by atoms with van der Waals surface area (Å²) in [6.07, 6.45) is 0. The van der Waals surface area contributed by atoms with Gasteiger partial charge in [-0.15, -0.1) is 0 Å². The van der Waals surface area contributed by atoms with Crippen molar-refractivity contribution < 1.29 is 0 Å². The first-order valence-corrected chi connectivity index (χ1v) is 7.37. The lowest BCUT2D eigenvalue weighted by Crippen LogP contribution is -2.61. The zero-order valence-corrected chi connectivity index (χ0v) is 12.6. The molecule has 0 aliphatic carbocycles. The predicted molar refractivity (Wildman–Crippen MR) is 77.1 cm³/mol. The molecule has 2 aliphatic heterocycles. The Morgan fingerprint density at radius 2 is 1.78 bits per heavy atom. The van der Waals surface area contributed by atoms with E-state index in [4.69, 9.17) is 0 Å². The number of rotatable bonds is 3. The maximum atomic E-state index is 3.44. The van der Waals surface area contributed by atoms with Crippen molar-refractivity contribution in [1.29, 1.82) is 0 Å². The van der Waals surface area contributed by atoms with Gasteiger partial charge in [-0.25, -0.2) is 0 Å². The van der Waals surface area contributed by atoms with E-state index in [-0.39, 0.29) is 0 Å². The molecule has 0 aromatic rings. The Kier molecular flexibility index (Phi) is 4.64. The third-order valence-corrected chi connectivity index (χ3v) is 4.53. The van der Waals surface area contributed by atoms with Crippen LogP contribution in [0.4, 0.5) is 0 Å². The highest BCUT2D eigenvalue weighted by Crippen LogP contribution is 2.19. The third kappa shape index (κ3) is 3.44. The van der Waals surface area contributed by atoms with Crippen LogP contribution in [0.25, 0.3) is 0 Å². The van der Waals surface area contributed by atoms with Gasteiger partial charge in [-0.3, -0.25) is 9.80 Å². The molecular formula is C14H30N4. The molecule has 4 nitrogen and oxygen atoms in total. The second-order valence-corrected chi connectivity index (χ2v) is 6.63. The van der Waals surface area contributed by atoms with Crippen LogP contribution in [-0.4, -0.2) is 85.7 Å². The van der Waals surface area contributed by atoms with E-state index in [1.54, 1.807) is 0 Å². The minimum Gasteiger partial charge on any atom is -0.314 e. The highest BCUT2D eigenvalue weighted by Gasteiger charge is 2.32. The first kappa shape index (κ1) is 14.3. The minimum atomic E-state index is 0.298. The quantitative estimate of drug-likeness (QED) is 0.782. The smallest absolute Gasteiger partial charge is 0.0281 e. The number of likely N-dealkylation sites (N-methyl/N-ethyl adjacent to an activating group) is 1. The molecule has 4 heteroatoms. The minimum absolute atomic E-state index is 0.298. The largest absolute Gasteiger partial charge is 0.314 e.